The van der Waals surface area contributed by atoms with Crippen LogP contribution in [-0.4, -0.2) is 109 Å². The van der Waals surface area contributed by atoms with Gasteiger partial charge >= 0.3 is 12.2 Å². The molecule has 0 radical (unpaired) electrons. The van der Waals surface area contributed by atoms with Gasteiger partial charge in [0.2, 0.25) is 27.6 Å². The van der Waals surface area contributed by atoms with E-state index in [9.17, 15) is 45.6 Å². The highest BCUT2D eigenvalue weighted by molar-refractivity contribution is 7.88. The van der Waals surface area contributed by atoms with Gasteiger partial charge in [-0.15, -0.1) is 6.58 Å². The van der Waals surface area contributed by atoms with Gasteiger partial charge in [0.05, 0.1) is 17.8 Å². The zero-order chi connectivity index (χ0) is 40.4. The van der Waals surface area contributed by atoms with Gasteiger partial charge in [-0.05, 0) is 53.9 Å². The number of carbonyl (C=O) groups excluding carboxylic acids is 5. The number of hydrogen-bond donors (Lipinski definition) is 4. The Kier molecular flexibility index (Phi) is 12.7. The molecule has 1 aromatic rings. The Labute approximate surface area is 315 Å². The summed E-state index contributed by atoms with van der Waals surface area (Å²) in [5.41, 5.74) is -1.47. The number of halogens is 3. The molecule has 17 heteroatoms. The van der Waals surface area contributed by atoms with Crippen molar-refractivity contribution in [1.29, 1.82) is 0 Å². The highest BCUT2D eigenvalue weighted by Gasteiger charge is 2.70. The Morgan fingerprint density at radius 1 is 1.06 bits per heavy atom. The van der Waals surface area contributed by atoms with Crippen molar-refractivity contribution in [1.82, 2.24) is 30.5 Å². The highest BCUT2D eigenvalue weighted by Crippen LogP contribution is 2.65. The van der Waals surface area contributed by atoms with Crippen LogP contribution in [0.25, 0.3) is 0 Å². The number of likely N-dealkylation sites (tertiary alicyclic amines) is 1. The Balaban J connectivity index is 1.59. The van der Waals surface area contributed by atoms with Crippen LogP contribution in [0.2, 0.25) is 0 Å². The number of nitrogens with zero attached hydrogens (tertiary/aromatic N) is 2. The fourth-order valence-electron chi connectivity index (χ4n) is 7.93. The van der Waals surface area contributed by atoms with Crippen molar-refractivity contribution in [3.05, 3.63) is 48.6 Å². The number of sulfonamides is 1. The predicted octanol–water partition coefficient (Wildman–Crippen LogP) is 2.92. The van der Waals surface area contributed by atoms with Crippen LogP contribution in [0.3, 0.4) is 0 Å². The third-order valence-electron chi connectivity index (χ3n) is 10.9. The summed E-state index contributed by atoms with van der Waals surface area (Å²) in [5.74, 6) is -4.48. The van der Waals surface area contributed by atoms with Gasteiger partial charge in [-0.2, -0.15) is 17.5 Å². The van der Waals surface area contributed by atoms with E-state index in [0.29, 0.717) is 25.8 Å². The summed E-state index contributed by atoms with van der Waals surface area (Å²) < 4.78 is 66.3. The molecule has 2 saturated heterocycles. The van der Waals surface area contributed by atoms with Crippen molar-refractivity contribution in [3.8, 4) is 0 Å². The molecule has 0 aromatic heterocycles. The van der Waals surface area contributed by atoms with E-state index in [1.54, 1.807) is 20.8 Å². The first-order valence-electron chi connectivity index (χ1n) is 18.1. The first-order chi connectivity index (χ1) is 24.9. The highest BCUT2D eigenvalue weighted by atomic mass is 32.2. The number of benzene rings is 1. The zero-order valence-corrected chi connectivity index (χ0v) is 32.5. The summed E-state index contributed by atoms with van der Waals surface area (Å²) in [6, 6.07) is 4.35. The maximum atomic E-state index is 14.5. The van der Waals surface area contributed by atoms with Gasteiger partial charge < -0.3 is 26.2 Å². The fraction of sp³-hybridized carbons (Fsp3) is 0.649. The molecule has 1 saturated carbocycles. The van der Waals surface area contributed by atoms with Crippen LogP contribution in [0.15, 0.2) is 43.0 Å². The molecule has 1 aromatic carbocycles. The number of nitrogens with one attached hydrogen (secondary N) is 4. The average molecular weight is 783 g/mol. The molecular formula is C37H53F3N6O7S. The third kappa shape index (κ3) is 10.2. The zero-order valence-electron chi connectivity index (χ0n) is 31.7. The number of carbonyl (C=O) groups is 5. The van der Waals surface area contributed by atoms with E-state index >= 15 is 0 Å². The molecule has 0 bridgehead atoms. The monoisotopic (exact) mass is 782 g/mol. The minimum absolute atomic E-state index is 0.00886. The minimum atomic E-state index is -4.67. The molecule has 0 spiro atoms. The summed E-state index contributed by atoms with van der Waals surface area (Å²) in [6.07, 6.45) is -3.35. The van der Waals surface area contributed by atoms with E-state index in [2.05, 4.69) is 27.8 Å². The van der Waals surface area contributed by atoms with E-state index in [4.69, 9.17) is 0 Å². The van der Waals surface area contributed by atoms with Gasteiger partial charge in [-0.1, -0.05) is 71.0 Å². The van der Waals surface area contributed by atoms with Gasteiger partial charge in [-0.25, -0.2) is 13.2 Å². The summed E-state index contributed by atoms with van der Waals surface area (Å²) in [4.78, 5) is 69.2. The smallest absolute Gasteiger partial charge is 0.346 e. The summed E-state index contributed by atoms with van der Waals surface area (Å²) in [5, 5.41) is 10.4. The second-order valence-electron chi connectivity index (χ2n) is 16.5. The van der Waals surface area contributed by atoms with Gasteiger partial charge in [0.25, 0.3) is 5.91 Å². The van der Waals surface area contributed by atoms with Crippen LogP contribution in [0.4, 0.5) is 18.0 Å². The molecule has 6 atom stereocenters. The van der Waals surface area contributed by atoms with E-state index < -0.39 is 99.0 Å². The van der Waals surface area contributed by atoms with Crippen molar-refractivity contribution < 1.29 is 45.6 Å². The SMILES string of the molecule is C=CCNC(=O)C(=O)C(CCC(F)(F)F)NC(=O)[C@@H]1[C@@H]2[C@H](CN1C(=O)[C@@H](NC(=O)NC1(Cc3ccccc3)CCCN(S(C)(=O)=O)C1)C(C)(C)C)C2(C)C. The first kappa shape index (κ1) is 42.7. The second-order valence-corrected chi connectivity index (χ2v) is 18.5. The molecule has 2 unspecified atom stereocenters. The molecule has 3 aliphatic rings. The Morgan fingerprint density at radius 3 is 2.28 bits per heavy atom. The molecule has 1 aliphatic carbocycles. The van der Waals surface area contributed by atoms with E-state index in [1.165, 1.54) is 15.3 Å². The number of Topliss-reactive ketones (excluding diaryl/α,β-unsaturated/α-hetero) is 1. The Morgan fingerprint density at radius 2 is 1.70 bits per heavy atom. The standard InChI is InChI=1S/C37H53F3N6O7S/c1-8-18-41-31(49)28(47)25(15-17-37(38,39)40)42-30(48)27-26-24(35(26,5)6)21-46(27)32(50)29(34(2,3)4)43-33(51)44-36(20-23-13-10-9-11-14-23)16-12-19-45(22-36)54(7,52)53/h8-11,13-14,24-27,29H,1,12,15-22H2,2-7H3,(H,41,49)(H,42,48)(H2,43,44,51)/t24-,25?,26-,27-,29+,36?/m0/s1. The van der Waals surface area contributed by atoms with Crippen LogP contribution in [-0.2, 0) is 35.6 Å². The number of fused-ring (bicyclic) bond motifs is 1. The quantitative estimate of drug-likeness (QED) is 0.166. The Hall–Kier alpha value is -3.99. The molecule has 3 fully saturated rings. The molecule has 4 rings (SSSR count). The number of piperidine rings is 2. The van der Waals surface area contributed by atoms with Gasteiger partial charge in [0.1, 0.15) is 12.1 Å². The van der Waals surface area contributed by atoms with Gasteiger partial charge in [0, 0.05) is 32.6 Å². The molecule has 300 valence electrons. The van der Waals surface area contributed by atoms with E-state index in [0.717, 1.165) is 11.8 Å². The number of rotatable bonds is 14. The molecule has 2 heterocycles. The Bertz CT molecular complexity index is 1720. The molecule has 4 N–H and O–H groups in total. The average Bonchev–Trinajstić information content (AvgIpc) is 3.36. The van der Waals surface area contributed by atoms with Gasteiger partial charge in [-0.3, -0.25) is 19.2 Å². The van der Waals surface area contributed by atoms with Crippen LogP contribution in [0.5, 0.6) is 0 Å². The molecule has 2 aliphatic heterocycles. The topological polar surface area (TPSA) is 174 Å². The van der Waals surface area contributed by atoms with Crippen molar-refractivity contribution in [2.24, 2.45) is 22.7 Å². The number of ketones is 1. The van der Waals surface area contributed by atoms with Crippen molar-refractivity contribution in [2.45, 2.75) is 96.6 Å². The molecule has 13 nitrogen and oxygen atoms in total. The largest absolute Gasteiger partial charge is 0.389 e. The number of amides is 5. The summed E-state index contributed by atoms with van der Waals surface area (Å²) >= 11 is 0. The van der Waals surface area contributed by atoms with Crippen molar-refractivity contribution >= 4 is 39.6 Å². The maximum absolute atomic E-state index is 14.5. The second kappa shape index (κ2) is 16.0. The van der Waals surface area contributed by atoms with Crippen LogP contribution in [0, 0.1) is 22.7 Å². The summed E-state index contributed by atoms with van der Waals surface area (Å²) in [7, 11) is -3.60. The lowest BCUT2D eigenvalue weighted by atomic mass is 9.83. The maximum Gasteiger partial charge on any atom is 0.389 e. The molecular weight excluding hydrogens is 730 g/mol. The molecule has 54 heavy (non-hydrogen) atoms. The van der Waals surface area contributed by atoms with Crippen molar-refractivity contribution in [2.75, 3.05) is 32.4 Å². The van der Waals surface area contributed by atoms with Crippen molar-refractivity contribution in [3.63, 3.8) is 0 Å². The lowest BCUT2D eigenvalue weighted by Crippen LogP contribution is -2.65. The summed E-state index contributed by atoms with van der Waals surface area (Å²) in [6.45, 7) is 12.7. The van der Waals surface area contributed by atoms with E-state index in [-0.39, 0.29) is 25.6 Å². The fourth-order valence-corrected chi connectivity index (χ4v) is 8.87. The number of alkyl halides is 3. The third-order valence-corrected chi connectivity index (χ3v) is 12.2. The number of hydrogen-bond acceptors (Lipinski definition) is 7. The van der Waals surface area contributed by atoms with Crippen LogP contribution in [0.1, 0.15) is 65.9 Å². The van der Waals surface area contributed by atoms with Gasteiger partial charge in [0.15, 0.2) is 0 Å². The first-order valence-corrected chi connectivity index (χ1v) is 19.9. The minimum Gasteiger partial charge on any atom is -0.346 e. The normalized spacial score (nSPS) is 25.1. The number of urea groups is 1. The lowest BCUT2D eigenvalue weighted by molar-refractivity contribution is -0.148. The van der Waals surface area contributed by atoms with E-state index in [1.807, 2.05) is 44.2 Å². The lowest BCUT2D eigenvalue weighted by Gasteiger charge is -2.43. The van der Waals surface area contributed by atoms with Crippen LogP contribution < -0.4 is 21.3 Å². The van der Waals surface area contributed by atoms with Crippen LogP contribution >= 0.6 is 0 Å². The molecule has 5 amide bonds. The predicted molar refractivity (Wildman–Crippen MR) is 195 cm³/mol.